The fourth-order valence-corrected chi connectivity index (χ4v) is 5.12. The van der Waals surface area contributed by atoms with E-state index in [-0.39, 0.29) is 11.2 Å². The van der Waals surface area contributed by atoms with Crippen LogP contribution in [0.4, 0.5) is 4.39 Å². The van der Waals surface area contributed by atoms with Gasteiger partial charge < -0.3 is 4.74 Å². The number of nitrogens with zero attached hydrogens (tertiary/aromatic N) is 2. The van der Waals surface area contributed by atoms with E-state index < -0.39 is 0 Å². The van der Waals surface area contributed by atoms with Crippen LogP contribution in [0.2, 0.25) is 0 Å². The number of hydrogen-bond donors (Lipinski definition) is 0. The second kappa shape index (κ2) is 8.01. The lowest BCUT2D eigenvalue weighted by Crippen LogP contribution is -2.31. The predicted octanol–water partition coefficient (Wildman–Crippen LogP) is 5.49. The molecule has 0 radical (unpaired) electrons. The van der Waals surface area contributed by atoms with Crippen LogP contribution in [0.25, 0.3) is 11.1 Å². The van der Waals surface area contributed by atoms with E-state index >= 15 is 0 Å². The van der Waals surface area contributed by atoms with Gasteiger partial charge in [-0.1, -0.05) is 31.4 Å². The quantitative estimate of drug-likeness (QED) is 0.661. The number of benzene rings is 1. The van der Waals surface area contributed by atoms with Gasteiger partial charge in [-0.25, -0.2) is 4.39 Å². The van der Waals surface area contributed by atoms with Gasteiger partial charge in [-0.3, -0.25) is 4.98 Å². The van der Waals surface area contributed by atoms with E-state index in [1.807, 2.05) is 0 Å². The van der Waals surface area contributed by atoms with E-state index in [0.717, 1.165) is 73.9 Å². The number of aryl methyl sites for hydroxylation is 1. The summed E-state index contributed by atoms with van der Waals surface area (Å²) in [6.45, 7) is 0.594. The third-order valence-corrected chi connectivity index (χ3v) is 6.45. The summed E-state index contributed by atoms with van der Waals surface area (Å²) in [6.07, 6.45) is 9.58. The normalized spacial score (nSPS) is 18.3. The average molecular weight is 378 g/mol. The minimum atomic E-state index is -0.255. The number of aromatic nitrogens is 1. The van der Waals surface area contributed by atoms with Crippen molar-refractivity contribution in [3.63, 3.8) is 0 Å². The molecule has 0 saturated heterocycles. The summed E-state index contributed by atoms with van der Waals surface area (Å²) in [5.41, 5.74) is 5.62. The fourth-order valence-electron chi connectivity index (χ4n) is 5.12. The van der Waals surface area contributed by atoms with E-state index in [1.165, 1.54) is 24.1 Å². The van der Waals surface area contributed by atoms with E-state index in [2.05, 4.69) is 6.07 Å². The van der Waals surface area contributed by atoms with Crippen molar-refractivity contribution in [2.24, 2.45) is 0 Å². The van der Waals surface area contributed by atoms with Crippen LogP contribution in [0.5, 0.6) is 0 Å². The Morgan fingerprint density at radius 2 is 1.79 bits per heavy atom. The largest absolute Gasteiger partial charge is 0.384 e. The second-order valence-corrected chi connectivity index (χ2v) is 8.24. The number of fused-ring (bicyclic) bond motifs is 1. The molecule has 3 nitrogen and oxygen atoms in total. The summed E-state index contributed by atoms with van der Waals surface area (Å²) in [4.78, 5) is 5.14. The first-order valence-electron chi connectivity index (χ1n) is 10.4. The zero-order chi connectivity index (χ0) is 19.6. The highest BCUT2D eigenvalue weighted by Gasteiger charge is 2.40. The maximum Gasteiger partial charge on any atom is 0.123 e. The summed E-state index contributed by atoms with van der Waals surface area (Å²) in [5.74, 6) is -0.255. The van der Waals surface area contributed by atoms with Crippen LogP contribution in [-0.4, -0.2) is 18.7 Å². The highest BCUT2D eigenvalue weighted by atomic mass is 19.1. The van der Waals surface area contributed by atoms with Crippen LogP contribution in [0.15, 0.2) is 24.3 Å². The van der Waals surface area contributed by atoms with Gasteiger partial charge in [-0.15, -0.1) is 0 Å². The molecule has 0 unspecified atom stereocenters. The summed E-state index contributed by atoms with van der Waals surface area (Å²) in [7, 11) is 1.73. The minimum Gasteiger partial charge on any atom is -0.384 e. The fraction of sp³-hybridized carbons (Fsp3) is 0.500. The first kappa shape index (κ1) is 19.1. The molecule has 2 aliphatic carbocycles. The lowest BCUT2D eigenvalue weighted by atomic mass is 9.78. The number of rotatable bonds is 4. The number of halogens is 1. The van der Waals surface area contributed by atoms with Gasteiger partial charge >= 0.3 is 0 Å². The molecule has 0 bridgehead atoms. The van der Waals surface area contributed by atoms with Gasteiger partial charge in [-0.2, -0.15) is 5.26 Å². The molecule has 146 valence electrons. The van der Waals surface area contributed by atoms with Crippen molar-refractivity contribution in [3.8, 4) is 17.2 Å². The number of pyridine rings is 1. The average Bonchev–Trinajstić information content (AvgIpc) is 3.05. The molecular weight excluding hydrogens is 351 g/mol. The van der Waals surface area contributed by atoms with E-state index in [4.69, 9.17) is 9.72 Å². The van der Waals surface area contributed by atoms with E-state index in [1.54, 1.807) is 19.2 Å². The highest BCUT2D eigenvalue weighted by molar-refractivity contribution is 5.76. The van der Waals surface area contributed by atoms with Crippen molar-refractivity contribution in [2.75, 3.05) is 13.7 Å². The van der Waals surface area contributed by atoms with Gasteiger partial charge in [0.05, 0.1) is 17.9 Å². The maximum absolute atomic E-state index is 13.6. The Hall–Kier alpha value is -2.25. The van der Waals surface area contributed by atoms with Gasteiger partial charge in [0.2, 0.25) is 0 Å². The van der Waals surface area contributed by atoms with Crippen molar-refractivity contribution in [2.45, 2.75) is 63.2 Å². The molecule has 1 aromatic heterocycles. The van der Waals surface area contributed by atoms with Gasteiger partial charge in [-0.05, 0) is 61.8 Å². The Morgan fingerprint density at radius 1 is 1.07 bits per heavy atom. The highest BCUT2D eigenvalue weighted by Crippen LogP contribution is 2.45. The molecule has 0 spiro atoms. The Bertz CT molecular complexity index is 892. The molecule has 1 fully saturated rings. The van der Waals surface area contributed by atoms with Crippen molar-refractivity contribution in [1.82, 2.24) is 4.98 Å². The van der Waals surface area contributed by atoms with E-state index in [9.17, 15) is 9.65 Å². The second-order valence-electron chi connectivity index (χ2n) is 8.24. The van der Waals surface area contributed by atoms with Crippen molar-refractivity contribution in [3.05, 3.63) is 52.6 Å². The van der Waals surface area contributed by atoms with Crippen molar-refractivity contribution < 1.29 is 9.13 Å². The van der Waals surface area contributed by atoms with Crippen LogP contribution in [0, 0.1) is 17.1 Å². The van der Waals surface area contributed by atoms with Crippen molar-refractivity contribution in [1.29, 1.82) is 5.26 Å². The molecule has 0 amide bonds. The summed E-state index contributed by atoms with van der Waals surface area (Å²) >= 11 is 0. The molecule has 4 rings (SSSR count). The summed E-state index contributed by atoms with van der Waals surface area (Å²) < 4.78 is 19.2. The van der Waals surface area contributed by atoms with E-state index in [0.29, 0.717) is 12.2 Å². The van der Waals surface area contributed by atoms with Crippen LogP contribution in [0.1, 0.15) is 67.5 Å². The predicted molar refractivity (Wildman–Crippen MR) is 108 cm³/mol. The van der Waals surface area contributed by atoms with Gasteiger partial charge in [0.25, 0.3) is 0 Å². The SMILES string of the molecule is COCC1(c2nc3c(c(-c4ccc(F)cc4)c2C#N)CCCCC3)CCCC1. The number of hydrogen-bond acceptors (Lipinski definition) is 3. The molecule has 0 aliphatic heterocycles. The Balaban J connectivity index is 2.00. The Morgan fingerprint density at radius 3 is 2.46 bits per heavy atom. The van der Waals surface area contributed by atoms with Crippen LogP contribution in [-0.2, 0) is 23.0 Å². The number of nitriles is 1. The molecular formula is C24H27FN2O. The zero-order valence-electron chi connectivity index (χ0n) is 16.6. The molecule has 1 heterocycles. The molecule has 0 N–H and O–H groups in total. The lowest BCUT2D eigenvalue weighted by molar-refractivity contribution is 0.129. The monoisotopic (exact) mass is 378 g/mol. The van der Waals surface area contributed by atoms with Crippen molar-refractivity contribution >= 4 is 0 Å². The molecule has 0 atom stereocenters. The molecule has 1 saturated carbocycles. The van der Waals surface area contributed by atoms with Gasteiger partial charge in [0, 0.05) is 23.8 Å². The number of ether oxygens (including phenoxy) is 1. The first-order valence-corrected chi connectivity index (χ1v) is 10.4. The third kappa shape index (κ3) is 3.33. The topological polar surface area (TPSA) is 45.9 Å². The molecule has 1 aromatic carbocycles. The minimum absolute atomic E-state index is 0.185. The Labute approximate surface area is 166 Å². The zero-order valence-corrected chi connectivity index (χ0v) is 16.6. The molecule has 2 aromatic rings. The van der Waals surface area contributed by atoms with Crippen LogP contribution in [0.3, 0.4) is 0 Å². The van der Waals surface area contributed by atoms with Gasteiger partial charge in [0.15, 0.2) is 0 Å². The summed E-state index contributed by atoms with van der Waals surface area (Å²) in [6, 6.07) is 9.08. The maximum atomic E-state index is 13.6. The van der Waals surface area contributed by atoms with Crippen LogP contribution < -0.4 is 0 Å². The van der Waals surface area contributed by atoms with Gasteiger partial charge in [0.1, 0.15) is 11.9 Å². The van der Waals surface area contributed by atoms with Crippen LogP contribution >= 0.6 is 0 Å². The molecule has 4 heteroatoms. The standard InChI is InChI=1S/C24H27FN2O/c1-28-16-24(13-5-6-14-24)23-20(15-26)22(17-9-11-18(25)12-10-17)19-7-3-2-4-8-21(19)27-23/h9-12H,2-8,13-14,16H2,1H3. The molecule has 2 aliphatic rings. The third-order valence-electron chi connectivity index (χ3n) is 6.45. The number of methoxy groups -OCH3 is 1. The lowest BCUT2D eigenvalue weighted by Gasteiger charge is -2.31. The summed E-state index contributed by atoms with van der Waals surface area (Å²) in [5, 5.41) is 10.2. The molecule has 28 heavy (non-hydrogen) atoms. The first-order chi connectivity index (χ1) is 13.7. The Kier molecular flexibility index (Phi) is 5.46. The smallest absolute Gasteiger partial charge is 0.123 e.